The van der Waals surface area contributed by atoms with Gasteiger partial charge in [-0.2, -0.15) is 0 Å². The zero-order chi connectivity index (χ0) is 18.7. The normalized spacial score (nSPS) is 33.7. The van der Waals surface area contributed by atoms with E-state index < -0.39 is 60.8 Å². The van der Waals surface area contributed by atoms with Crippen LogP contribution in [-0.4, -0.2) is 85.0 Å². The summed E-state index contributed by atoms with van der Waals surface area (Å²) in [4.78, 5) is 24.5. The van der Waals surface area contributed by atoms with E-state index in [1.54, 1.807) is 0 Å². The molecule has 7 atom stereocenters. The smallest absolute Gasteiger partial charge is 0.364 e. The number of rotatable bonds is 6. The van der Waals surface area contributed by atoms with Crippen LogP contribution in [0.1, 0.15) is 13.3 Å². The lowest BCUT2D eigenvalue weighted by Crippen LogP contribution is -2.67. The summed E-state index contributed by atoms with van der Waals surface area (Å²) in [6, 6.07) is -1.41. The topological polar surface area (TPSA) is 226 Å². The van der Waals surface area contributed by atoms with Crippen molar-refractivity contribution in [1.82, 2.24) is 5.32 Å². The van der Waals surface area contributed by atoms with E-state index in [2.05, 4.69) is 15.3 Å². The summed E-state index contributed by atoms with van der Waals surface area (Å²) >= 11 is 0. The van der Waals surface area contributed by atoms with E-state index in [9.17, 15) is 35.1 Å². The second-order valence-electron chi connectivity index (χ2n) is 5.27. The molecule has 0 aromatic rings. The van der Waals surface area contributed by atoms with Crippen molar-refractivity contribution in [1.29, 1.82) is 0 Å². The van der Waals surface area contributed by atoms with Crippen LogP contribution in [0.3, 0.4) is 0 Å². The van der Waals surface area contributed by atoms with Crippen LogP contribution in [0.25, 0.3) is 10.4 Å². The second-order valence-corrected chi connectivity index (χ2v) is 5.27. The van der Waals surface area contributed by atoms with Crippen LogP contribution in [0.2, 0.25) is 0 Å². The highest BCUT2D eigenvalue weighted by Gasteiger charge is 2.54. The zero-order valence-electron chi connectivity index (χ0n) is 12.4. The number of aliphatic carboxylic acids is 1. The average molecular weight is 350 g/mol. The molecule has 1 rings (SSSR count). The Morgan fingerprint density at radius 1 is 1.42 bits per heavy atom. The summed E-state index contributed by atoms with van der Waals surface area (Å²) in [5, 5.41) is 63.0. The number of ether oxygens (including phenoxy) is 1. The molecule has 0 bridgehead atoms. The molecule has 0 saturated carbocycles. The first kappa shape index (κ1) is 20.1. The van der Waals surface area contributed by atoms with Gasteiger partial charge in [0.25, 0.3) is 5.79 Å². The van der Waals surface area contributed by atoms with Crippen LogP contribution in [0.15, 0.2) is 5.11 Å². The van der Waals surface area contributed by atoms with Gasteiger partial charge >= 0.3 is 5.97 Å². The second kappa shape index (κ2) is 7.72. The summed E-state index contributed by atoms with van der Waals surface area (Å²) in [5.41, 5.74) is 8.21. The SMILES string of the molecule is CC(=O)N[C@@H]1[C@@H](O)C[C@](O)(C(=O)O)O[C@H]1C(O)[C@H](O)C(O)N=[N+]=[N-]. The van der Waals surface area contributed by atoms with Gasteiger partial charge < -0.3 is 40.7 Å². The largest absolute Gasteiger partial charge is 0.477 e. The zero-order valence-corrected chi connectivity index (χ0v) is 12.4. The Balaban J connectivity index is 3.15. The number of aliphatic hydroxyl groups excluding tert-OH is 4. The average Bonchev–Trinajstić information content (AvgIpc) is 2.48. The minimum absolute atomic E-state index is 0.675. The van der Waals surface area contributed by atoms with Gasteiger partial charge in [0.2, 0.25) is 5.91 Å². The van der Waals surface area contributed by atoms with E-state index in [1.165, 1.54) is 0 Å². The molecule has 13 nitrogen and oxygen atoms in total. The molecule has 13 heteroatoms. The summed E-state index contributed by atoms with van der Waals surface area (Å²) in [5.74, 6) is -5.45. The monoisotopic (exact) mass is 350 g/mol. The molecule has 0 spiro atoms. The van der Waals surface area contributed by atoms with Crippen molar-refractivity contribution in [2.45, 2.75) is 55.8 Å². The molecule has 7 N–H and O–H groups in total. The van der Waals surface area contributed by atoms with Crippen molar-refractivity contribution in [3.05, 3.63) is 10.4 Å². The van der Waals surface area contributed by atoms with Crippen LogP contribution in [0, 0.1) is 0 Å². The maximum Gasteiger partial charge on any atom is 0.364 e. The first-order valence-electron chi connectivity index (χ1n) is 6.70. The van der Waals surface area contributed by atoms with Crippen LogP contribution >= 0.6 is 0 Å². The predicted octanol–water partition coefficient (Wildman–Crippen LogP) is -3.24. The van der Waals surface area contributed by atoms with Crippen LogP contribution in [-0.2, 0) is 14.3 Å². The van der Waals surface area contributed by atoms with Crippen LogP contribution in [0.4, 0.5) is 0 Å². The number of carbonyl (C=O) groups is 2. The Bertz CT molecular complexity index is 540. The third-order valence-corrected chi connectivity index (χ3v) is 3.45. The number of azide groups is 1. The van der Waals surface area contributed by atoms with E-state index >= 15 is 0 Å². The molecule has 1 aliphatic heterocycles. The minimum atomic E-state index is -2.90. The van der Waals surface area contributed by atoms with Gasteiger partial charge in [-0.15, -0.1) is 0 Å². The third kappa shape index (κ3) is 4.30. The number of hydrogen-bond donors (Lipinski definition) is 7. The van der Waals surface area contributed by atoms with E-state index in [1.807, 2.05) is 0 Å². The predicted molar refractivity (Wildman–Crippen MR) is 72.9 cm³/mol. The van der Waals surface area contributed by atoms with Gasteiger partial charge in [0, 0.05) is 18.3 Å². The first-order valence-corrected chi connectivity index (χ1v) is 6.70. The molecule has 1 aliphatic rings. The van der Waals surface area contributed by atoms with Gasteiger partial charge in [-0.25, -0.2) is 4.79 Å². The molecule has 0 radical (unpaired) electrons. The number of carboxylic acids is 1. The fraction of sp³-hybridized carbons (Fsp3) is 0.818. The Morgan fingerprint density at radius 2 is 2.00 bits per heavy atom. The van der Waals surface area contributed by atoms with Gasteiger partial charge in [0.15, 0.2) is 6.23 Å². The summed E-state index contributed by atoms with van der Waals surface area (Å²) in [6.07, 6.45) is -10.7. The molecule has 136 valence electrons. The number of carbonyl (C=O) groups excluding carboxylic acids is 1. The van der Waals surface area contributed by atoms with E-state index in [4.69, 9.17) is 15.4 Å². The summed E-state index contributed by atoms with van der Waals surface area (Å²) in [7, 11) is 0. The Hall–Kier alpha value is -1.99. The molecule has 0 aromatic carbocycles. The highest BCUT2D eigenvalue weighted by Crippen LogP contribution is 2.31. The quantitative estimate of drug-likeness (QED) is 0.145. The van der Waals surface area contributed by atoms with Gasteiger partial charge in [-0.05, 0) is 5.53 Å². The first-order chi connectivity index (χ1) is 11.0. The number of hydrogen-bond acceptors (Lipinski definition) is 9. The fourth-order valence-corrected chi connectivity index (χ4v) is 2.30. The third-order valence-electron chi connectivity index (χ3n) is 3.45. The molecular formula is C11H18N4O9. The van der Waals surface area contributed by atoms with Crippen LogP contribution in [0.5, 0.6) is 0 Å². The highest BCUT2D eigenvalue weighted by atomic mass is 16.7. The number of aliphatic hydroxyl groups is 5. The lowest BCUT2D eigenvalue weighted by molar-refractivity contribution is -0.296. The van der Waals surface area contributed by atoms with E-state index in [-0.39, 0.29) is 0 Å². The Morgan fingerprint density at radius 3 is 2.46 bits per heavy atom. The highest BCUT2D eigenvalue weighted by molar-refractivity contribution is 5.76. The molecule has 1 fully saturated rings. The van der Waals surface area contributed by atoms with E-state index in [0.717, 1.165) is 6.92 Å². The number of carboxylic acid groups (broad SMARTS) is 1. The van der Waals surface area contributed by atoms with Crippen molar-refractivity contribution < 1.29 is 45.0 Å². The summed E-state index contributed by atoms with van der Waals surface area (Å²) in [6.45, 7) is 1.07. The molecule has 24 heavy (non-hydrogen) atoms. The standard InChI is InChI=1S/C11H18N4O9/c1-3(16)13-5-4(17)2-11(23,10(21)22)24-8(5)6(18)7(19)9(20)14-15-12/h4-9,17-20,23H,2H2,1H3,(H,13,16)(H,21,22)/t4-,5+,6?,7-,8+,9?,11+/m0/s1. The molecule has 1 amide bonds. The van der Waals surface area contributed by atoms with Crippen molar-refractivity contribution in [3.8, 4) is 0 Å². The molecular weight excluding hydrogens is 332 g/mol. The molecule has 0 aromatic heterocycles. The van der Waals surface area contributed by atoms with E-state index in [0.29, 0.717) is 0 Å². The maximum atomic E-state index is 11.2. The lowest BCUT2D eigenvalue weighted by Gasteiger charge is -2.44. The molecule has 2 unspecified atom stereocenters. The molecule has 0 aliphatic carbocycles. The van der Waals surface area contributed by atoms with Gasteiger partial charge in [-0.1, -0.05) is 5.11 Å². The Kier molecular flexibility index (Phi) is 6.45. The summed E-state index contributed by atoms with van der Waals surface area (Å²) < 4.78 is 4.86. The van der Waals surface area contributed by atoms with Crippen molar-refractivity contribution in [2.75, 3.05) is 0 Å². The van der Waals surface area contributed by atoms with Gasteiger partial charge in [0.05, 0.1) is 12.1 Å². The molecule has 1 saturated heterocycles. The van der Waals surface area contributed by atoms with Gasteiger partial charge in [-0.3, -0.25) is 4.79 Å². The number of nitrogens with zero attached hydrogens (tertiary/aromatic N) is 3. The fourth-order valence-electron chi connectivity index (χ4n) is 2.30. The molecule has 1 heterocycles. The lowest BCUT2D eigenvalue weighted by atomic mass is 9.88. The van der Waals surface area contributed by atoms with Gasteiger partial charge in [0.1, 0.15) is 18.3 Å². The number of amides is 1. The van der Waals surface area contributed by atoms with Crippen LogP contribution < -0.4 is 5.32 Å². The Labute approximate surface area is 134 Å². The van der Waals surface area contributed by atoms with Crippen molar-refractivity contribution in [3.63, 3.8) is 0 Å². The van der Waals surface area contributed by atoms with Crippen molar-refractivity contribution >= 4 is 11.9 Å². The minimum Gasteiger partial charge on any atom is -0.477 e. The van der Waals surface area contributed by atoms with Crippen molar-refractivity contribution in [2.24, 2.45) is 5.11 Å². The maximum absolute atomic E-state index is 11.2. The number of nitrogens with one attached hydrogen (secondary N) is 1.